The molecule has 4 aliphatic carbocycles. The molecule has 3 fully saturated rings. The van der Waals surface area contributed by atoms with Gasteiger partial charge in [0.1, 0.15) is 0 Å². The van der Waals surface area contributed by atoms with E-state index in [1.54, 1.807) is 5.57 Å². The predicted molar refractivity (Wildman–Crippen MR) is 119 cm³/mol. The lowest BCUT2D eigenvalue weighted by atomic mass is 9.47. The van der Waals surface area contributed by atoms with Crippen LogP contribution in [-0.2, 0) is 0 Å². The summed E-state index contributed by atoms with van der Waals surface area (Å²) < 4.78 is 21.9. The molecule has 10 atom stereocenters. The minimum atomic E-state index is -0.201. The van der Waals surface area contributed by atoms with Crippen molar-refractivity contribution < 1.29 is 10.9 Å². The Bertz CT molecular complexity index is 649. The van der Waals surface area contributed by atoms with Crippen LogP contribution in [0.15, 0.2) is 11.6 Å². The van der Waals surface area contributed by atoms with Crippen molar-refractivity contribution in [3.8, 4) is 0 Å². The summed E-state index contributed by atoms with van der Waals surface area (Å²) >= 11 is 0. The van der Waals surface area contributed by atoms with Gasteiger partial charge in [-0.3, -0.25) is 4.39 Å². The fourth-order valence-corrected chi connectivity index (χ4v) is 8.34. The van der Waals surface area contributed by atoms with Crippen LogP contribution >= 0.6 is 0 Å². The Morgan fingerprint density at radius 2 is 1.97 bits per heavy atom. The van der Waals surface area contributed by atoms with E-state index in [1.807, 2.05) is 6.92 Å². The number of aliphatic hydroxyl groups excluding tert-OH is 1. The normalized spacial score (nSPS) is 49.3. The van der Waals surface area contributed by atoms with Crippen molar-refractivity contribution in [2.24, 2.45) is 46.3 Å². The lowest BCUT2D eigenvalue weighted by Crippen LogP contribution is -2.50. The van der Waals surface area contributed by atoms with Crippen molar-refractivity contribution in [1.29, 1.82) is 0 Å². The fraction of sp³-hybridized carbons (Fsp3) is 0.926. The van der Waals surface area contributed by atoms with Gasteiger partial charge in [-0.1, -0.05) is 52.2 Å². The number of hydrogen-bond acceptors (Lipinski definition) is 1. The maximum atomic E-state index is 12.8. The van der Waals surface area contributed by atoms with Gasteiger partial charge >= 0.3 is 0 Å². The second-order valence-electron chi connectivity index (χ2n) is 11.9. The highest BCUT2D eigenvalue weighted by atomic mass is 19.1. The van der Waals surface area contributed by atoms with Crippen LogP contribution < -0.4 is 0 Å². The van der Waals surface area contributed by atoms with Gasteiger partial charge in [-0.05, 0) is 104 Å². The zero-order chi connectivity index (χ0) is 21.7. The van der Waals surface area contributed by atoms with E-state index in [4.69, 9.17) is 1.37 Å². The number of halogens is 1. The molecule has 4 rings (SSSR count). The largest absolute Gasteiger partial charge is 0.393 e. The molecule has 0 spiro atoms. The molecule has 0 aliphatic heterocycles. The molecule has 0 aromatic rings. The molecule has 0 saturated heterocycles. The fourth-order valence-electron chi connectivity index (χ4n) is 8.34. The van der Waals surface area contributed by atoms with Crippen molar-refractivity contribution in [3.63, 3.8) is 0 Å². The lowest BCUT2D eigenvalue weighted by Gasteiger charge is -2.58. The summed E-state index contributed by atoms with van der Waals surface area (Å²) in [4.78, 5) is 0. The molecule has 0 radical (unpaired) electrons. The van der Waals surface area contributed by atoms with E-state index in [-0.39, 0.29) is 30.5 Å². The van der Waals surface area contributed by atoms with E-state index >= 15 is 0 Å². The van der Waals surface area contributed by atoms with Crippen LogP contribution in [0.4, 0.5) is 4.39 Å². The van der Waals surface area contributed by atoms with E-state index < -0.39 is 0 Å². The SMILES string of the molecule is [2H]C1CC2C3CC=C4CC(O)CCC4(C)C3CCC2(C)C1[C@H](C)CCC[C@@H](C)CF. The highest BCUT2D eigenvalue weighted by molar-refractivity contribution is 5.25. The second kappa shape index (κ2) is 8.29. The molecule has 4 aliphatic rings. The quantitative estimate of drug-likeness (QED) is 0.458. The third kappa shape index (κ3) is 3.74. The smallest absolute Gasteiger partial charge is 0.0919 e. The molecule has 0 bridgehead atoms. The Morgan fingerprint density at radius 3 is 2.72 bits per heavy atom. The molecule has 2 heteroatoms. The minimum absolute atomic E-state index is 0.0682. The first-order chi connectivity index (χ1) is 14.2. The average Bonchev–Trinajstić information content (AvgIpc) is 2.98. The van der Waals surface area contributed by atoms with Crippen molar-refractivity contribution in [2.75, 3.05) is 6.67 Å². The monoisotopic (exact) mass is 405 g/mol. The van der Waals surface area contributed by atoms with Crippen LogP contribution in [0.1, 0.15) is 99.7 Å². The van der Waals surface area contributed by atoms with Crippen LogP contribution in [0.5, 0.6) is 0 Å². The number of hydrogen-bond donors (Lipinski definition) is 1. The Hall–Kier alpha value is -0.370. The van der Waals surface area contributed by atoms with Crippen LogP contribution in [0.3, 0.4) is 0 Å². The van der Waals surface area contributed by atoms with Gasteiger partial charge in [0.15, 0.2) is 0 Å². The van der Waals surface area contributed by atoms with Gasteiger partial charge < -0.3 is 5.11 Å². The van der Waals surface area contributed by atoms with Crippen LogP contribution in [0.25, 0.3) is 0 Å². The van der Waals surface area contributed by atoms with E-state index in [2.05, 4.69) is 26.8 Å². The number of rotatable bonds is 6. The lowest BCUT2D eigenvalue weighted by molar-refractivity contribution is -0.0573. The van der Waals surface area contributed by atoms with Gasteiger partial charge in [-0.2, -0.15) is 0 Å². The van der Waals surface area contributed by atoms with E-state index in [9.17, 15) is 9.50 Å². The standard InChI is InChI=1S/C27H45FO/c1-18(17-28)6-5-7-19(2)23-10-11-24-22-9-8-20-16-21(29)12-14-26(20,3)25(22)13-15-27(23,24)4/h8,18-19,21-25,29H,5-7,9-17H2,1-4H3/t18-,19-,21?,22?,23?,24?,25?,26?,27?/m1/s1/i10D/t10?,18-,19-,21?,22?,23?,24?,25?,26?,27?. The van der Waals surface area contributed by atoms with Crippen molar-refractivity contribution in [1.82, 2.24) is 0 Å². The zero-order valence-corrected chi connectivity index (χ0v) is 19.3. The van der Waals surface area contributed by atoms with Gasteiger partial charge in [-0.15, -0.1) is 0 Å². The zero-order valence-electron chi connectivity index (χ0n) is 20.3. The Labute approximate surface area is 180 Å². The summed E-state index contributed by atoms with van der Waals surface area (Å²) in [5.74, 6) is 3.40. The number of allylic oxidation sites excluding steroid dienone is 1. The summed E-state index contributed by atoms with van der Waals surface area (Å²) in [7, 11) is 0. The summed E-state index contributed by atoms with van der Waals surface area (Å²) in [6.45, 7) is 9.22. The van der Waals surface area contributed by atoms with Gasteiger partial charge in [-0.25, -0.2) is 0 Å². The Kier molecular flexibility index (Phi) is 5.86. The van der Waals surface area contributed by atoms with Crippen LogP contribution in [-0.4, -0.2) is 17.9 Å². The van der Waals surface area contributed by atoms with Crippen LogP contribution in [0, 0.1) is 46.3 Å². The topological polar surface area (TPSA) is 20.2 Å². The predicted octanol–water partition coefficient (Wildman–Crippen LogP) is 7.34. The first-order valence-corrected chi connectivity index (χ1v) is 12.6. The molecule has 29 heavy (non-hydrogen) atoms. The third-order valence-corrected chi connectivity index (χ3v) is 10.2. The molecule has 0 aromatic heterocycles. The van der Waals surface area contributed by atoms with Gasteiger partial charge in [0.05, 0.1) is 12.8 Å². The highest BCUT2D eigenvalue weighted by Crippen LogP contribution is 2.67. The first kappa shape index (κ1) is 20.5. The summed E-state index contributed by atoms with van der Waals surface area (Å²) in [5, 5.41) is 10.2. The summed E-state index contributed by atoms with van der Waals surface area (Å²) in [6.07, 6.45) is 13.5. The number of alkyl halides is 1. The van der Waals surface area contributed by atoms with E-state index in [0.29, 0.717) is 23.2 Å². The van der Waals surface area contributed by atoms with E-state index in [1.165, 1.54) is 19.3 Å². The van der Waals surface area contributed by atoms with Crippen LogP contribution in [0.2, 0.25) is 0 Å². The van der Waals surface area contributed by atoms with Gasteiger partial charge in [0.2, 0.25) is 0 Å². The molecule has 166 valence electrons. The van der Waals surface area contributed by atoms with Crippen molar-refractivity contribution in [3.05, 3.63) is 11.6 Å². The average molecular weight is 406 g/mol. The number of aliphatic hydroxyl groups is 1. The maximum Gasteiger partial charge on any atom is 0.0919 e. The third-order valence-electron chi connectivity index (χ3n) is 10.2. The van der Waals surface area contributed by atoms with Gasteiger partial charge in [0.25, 0.3) is 0 Å². The second-order valence-corrected chi connectivity index (χ2v) is 11.9. The molecule has 0 aromatic carbocycles. The summed E-state index contributed by atoms with van der Waals surface area (Å²) in [5.41, 5.74) is 2.13. The van der Waals surface area contributed by atoms with E-state index in [0.717, 1.165) is 56.8 Å². The summed E-state index contributed by atoms with van der Waals surface area (Å²) in [6, 6.07) is 0. The molecule has 1 nitrogen and oxygen atoms in total. The molecule has 3 saturated carbocycles. The van der Waals surface area contributed by atoms with Crippen molar-refractivity contribution >= 4 is 0 Å². The highest BCUT2D eigenvalue weighted by Gasteiger charge is 2.59. The molecule has 1 N–H and O–H groups in total. The molecule has 8 unspecified atom stereocenters. The van der Waals surface area contributed by atoms with Crippen molar-refractivity contribution in [2.45, 2.75) is 104 Å². The van der Waals surface area contributed by atoms with Gasteiger partial charge in [0, 0.05) is 1.37 Å². The number of fused-ring (bicyclic) bond motifs is 5. The Balaban J connectivity index is 1.50. The molecule has 0 heterocycles. The molecular formula is C27H45FO. The maximum absolute atomic E-state index is 12.8. The molecular weight excluding hydrogens is 359 g/mol. The Morgan fingerprint density at radius 1 is 1.17 bits per heavy atom. The molecule has 0 amide bonds. The first-order valence-electron chi connectivity index (χ1n) is 13.1. The minimum Gasteiger partial charge on any atom is -0.393 e.